The first-order chi connectivity index (χ1) is 10.00. The summed E-state index contributed by atoms with van der Waals surface area (Å²) in [5, 5.41) is 0. The van der Waals surface area contributed by atoms with Gasteiger partial charge in [-0.25, -0.2) is 4.98 Å². The second-order valence-corrected chi connectivity index (χ2v) is 6.00. The Hall–Kier alpha value is -2.31. The maximum absolute atomic E-state index is 13.2. The molecular formula is C15H16F3N3O. The highest BCUT2D eigenvalue weighted by molar-refractivity contribution is 5.93. The summed E-state index contributed by atoms with van der Waals surface area (Å²) < 4.78 is 39.6. The molecule has 1 amide bonds. The van der Waals surface area contributed by atoms with Gasteiger partial charge in [-0.05, 0) is 12.1 Å². The molecule has 2 rings (SSSR count). The van der Waals surface area contributed by atoms with E-state index in [-0.39, 0.29) is 22.6 Å². The van der Waals surface area contributed by atoms with E-state index in [4.69, 9.17) is 5.73 Å². The summed E-state index contributed by atoms with van der Waals surface area (Å²) >= 11 is 0. The molecule has 3 N–H and O–H groups in total. The van der Waals surface area contributed by atoms with Crippen molar-refractivity contribution in [3.05, 3.63) is 41.3 Å². The van der Waals surface area contributed by atoms with Gasteiger partial charge in [-0.3, -0.25) is 4.79 Å². The van der Waals surface area contributed by atoms with Crippen molar-refractivity contribution in [3.8, 4) is 11.3 Å². The Morgan fingerprint density at radius 3 is 2.09 bits per heavy atom. The zero-order valence-corrected chi connectivity index (χ0v) is 12.4. The van der Waals surface area contributed by atoms with Gasteiger partial charge in [-0.15, -0.1) is 0 Å². The Morgan fingerprint density at radius 1 is 1.14 bits per heavy atom. The maximum atomic E-state index is 13.2. The average molecular weight is 311 g/mol. The molecule has 7 heteroatoms. The highest BCUT2D eigenvalue weighted by atomic mass is 19.4. The zero-order chi connectivity index (χ0) is 16.7. The van der Waals surface area contributed by atoms with Crippen LogP contribution >= 0.6 is 0 Å². The monoisotopic (exact) mass is 311 g/mol. The number of benzene rings is 1. The Bertz CT molecular complexity index is 694. The van der Waals surface area contributed by atoms with E-state index in [1.165, 1.54) is 24.3 Å². The van der Waals surface area contributed by atoms with E-state index in [1.54, 1.807) is 20.8 Å². The number of nitrogens with two attached hydrogens (primary N) is 1. The predicted octanol–water partition coefficient (Wildman–Crippen LogP) is 3.49. The molecule has 118 valence electrons. The molecule has 0 radical (unpaired) electrons. The lowest BCUT2D eigenvalue weighted by atomic mass is 9.96. The molecular weight excluding hydrogens is 295 g/mol. The fraction of sp³-hybridized carbons (Fsp3) is 0.333. The van der Waals surface area contributed by atoms with Crippen LogP contribution in [0.2, 0.25) is 0 Å². The van der Waals surface area contributed by atoms with Gasteiger partial charge in [0.1, 0.15) is 17.2 Å². The summed E-state index contributed by atoms with van der Waals surface area (Å²) in [6.07, 6.45) is -4.55. The number of amides is 1. The van der Waals surface area contributed by atoms with Gasteiger partial charge < -0.3 is 10.7 Å². The maximum Gasteiger partial charge on any atom is 0.433 e. The van der Waals surface area contributed by atoms with E-state index in [1.807, 2.05) is 0 Å². The van der Waals surface area contributed by atoms with Gasteiger partial charge in [-0.1, -0.05) is 32.9 Å². The zero-order valence-electron chi connectivity index (χ0n) is 12.4. The molecule has 0 atom stereocenters. The summed E-state index contributed by atoms with van der Waals surface area (Å²) in [5.41, 5.74) is 3.98. The third-order valence-electron chi connectivity index (χ3n) is 3.14. The number of aromatic nitrogens is 2. The number of halogens is 3. The van der Waals surface area contributed by atoms with E-state index < -0.39 is 23.2 Å². The molecule has 0 saturated heterocycles. The molecule has 0 aliphatic carbocycles. The van der Waals surface area contributed by atoms with E-state index in [9.17, 15) is 18.0 Å². The van der Waals surface area contributed by atoms with Crippen molar-refractivity contribution in [2.45, 2.75) is 32.4 Å². The number of aromatic amines is 1. The van der Waals surface area contributed by atoms with Crippen LogP contribution in [0, 0.1) is 0 Å². The Kier molecular flexibility index (Phi) is 3.76. The van der Waals surface area contributed by atoms with Crippen molar-refractivity contribution in [2.75, 3.05) is 0 Å². The lowest BCUT2D eigenvalue weighted by molar-refractivity contribution is -0.140. The minimum absolute atomic E-state index is 0.187. The van der Waals surface area contributed by atoms with Crippen LogP contribution in [0.5, 0.6) is 0 Å². The Morgan fingerprint density at radius 2 is 1.68 bits per heavy atom. The van der Waals surface area contributed by atoms with E-state index in [2.05, 4.69) is 9.97 Å². The number of carbonyl (C=O) groups is 1. The van der Waals surface area contributed by atoms with Crippen LogP contribution in [-0.2, 0) is 11.6 Å². The summed E-state index contributed by atoms with van der Waals surface area (Å²) in [5.74, 6) is -0.395. The number of alkyl halides is 3. The summed E-state index contributed by atoms with van der Waals surface area (Å²) in [6.45, 7) is 5.31. The van der Waals surface area contributed by atoms with Crippen LogP contribution in [0.25, 0.3) is 11.3 Å². The lowest BCUT2D eigenvalue weighted by Gasteiger charge is -2.14. The molecule has 0 fully saturated rings. The number of H-pyrrole nitrogens is 1. The number of imidazole rings is 1. The number of carbonyl (C=O) groups excluding carboxylic acids is 1. The molecule has 1 aromatic carbocycles. The van der Waals surface area contributed by atoms with Crippen molar-refractivity contribution in [3.63, 3.8) is 0 Å². The van der Waals surface area contributed by atoms with Crippen LogP contribution in [0.1, 0.15) is 42.6 Å². The van der Waals surface area contributed by atoms with Crippen LogP contribution in [0.15, 0.2) is 24.3 Å². The van der Waals surface area contributed by atoms with Crippen molar-refractivity contribution in [2.24, 2.45) is 5.73 Å². The van der Waals surface area contributed by atoms with Gasteiger partial charge in [0.05, 0.1) is 0 Å². The Balaban J connectivity index is 2.58. The number of hydrogen-bond donors (Lipinski definition) is 2. The van der Waals surface area contributed by atoms with Gasteiger partial charge in [-0.2, -0.15) is 13.2 Å². The SMILES string of the molecule is CC(C)(C)c1nc(-c2ccc(C(N)=O)cc2)c(C(F)(F)F)[nH]1. The molecule has 0 aliphatic heterocycles. The molecule has 0 bridgehead atoms. The first kappa shape index (κ1) is 16.1. The van der Waals surface area contributed by atoms with Crippen LogP contribution in [0.4, 0.5) is 13.2 Å². The fourth-order valence-corrected chi connectivity index (χ4v) is 1.93. The van der Waals surface area contributed by atoms with E-state index >= 15 is 0 Å². The minimum atomic E-state index is -4.55. The van der Waals surface area contributed by atoms with E-state index in [0.717, 1.165) is 0 Å². The molecule has 0 saturated carbocycles. The molecule has 1 aromatic heterocycles. The molecule has 4 nitrogen and oxygen atoms in total. The van der Waals surface area contributed by atoms with Gasteiger partial charge in [0.2, 0.25) is 5.91 Å². The van der Waals surface area contributed by atoms with Crippen LogP contribution in [0.3, 0.4) is 0 Å². The summed E-state index contributed by atoms with van der Waals surface area (Å²) in [6, 6.07) is 5.56. The second kappa shape index (κ2) is 5.15. The number of primary amides is 1. The standard InChI is InChI=1S/C15H16F3N3O/c1-14(2,3)13-20-10(11(21-13)15(16,17)18)8-4-6-9(7-5-8)12(19)22/h4-7H,1-3H3,(H2,19,22)(H,20,21). The first-order valence-electron chi connectivity index (χ1n) is 6.58. The minimum Gasteiger partial charge on any atom is -0.366 e. The molecule has 0 spiro atoms. The molecule has 0 unspecified atom stereocenters. The normalized spacial score (nSPS) is 12.5. The van der Waals surface area contributed by atoms with Crippen molar-refractivity contribution >= 4 is 5.91 Å². The largest absolute Gasteiger partial charge is 0.433 e. The van der Waals surface area contributed by atoms with Gasteiger partial charge in [0, 0.05) is 16.5 Å². The smallest absolute Gasteiger partial charge is 0.366 e. The third kappa shape index (κ3) is 3.13. The van der Waals surface area contributed by atoms with Gasteiger partial charge in [0.25, 0.3) is 0 Å². The second-order valence-electron chi connectivity index (χ2n) is 6.00. The number of nitrogens with zero attached hydrogens (tertiary/aromatic N) is 1. The lowest BCUT2D eigenvalue weighted by Crippen LogP contribution is -2.14. The summed E-state index contributed by atoms with van der Waals surface area (Å²) in [7, 11) is 0. The van der Waals surface area contributed by atoms with E-state index in [0.29, 0.717) is 0 Å². The first-order valence-corrected chi connectivity index (χ1v) is 6.58. The van der Waals surface area contributed by atoms with Crippen LogP contribution in [-0.4, -0.2) is 15.9 Å². The van der Waals surface area contributed by atoms with Gasteiger partial charge in [0.15, 0.2) is 0 Å². The molecule has 1 heterocycles. The number of nitrogens with one attached hydrogen (secondary N) is 1. The van der Waals surface area contributed by atoms with Crippen molar-refractivity contribution < 1.29 is 18.0 Å². The third-order valence-corrected chi connectivity index (χ3v) is 3.14. The summed E-state index contributed by atoms with van der Waals surface area (Å²) in [4.78, 5) is 17.5. The van der Waals surface area contributed by atoms with Crippen LogP contribution < -0.4 is 5.73 Å². The quantitative estimate of drug-likeness (QED) is 0.891. The molecule has 2 aromatic rings. The highest BCUT2D eigenvalue weighted by Gasteiger charge is 2.38. The van der Waals surface area contributed by atoms with Crippen molar-refractivity contribution in [1.29, 1.82) is 0 Å². The number of rotatable bonds is 2. The molecule has 22 heavy (non-hydrogen) atoms. The number of hydrogen-bond acceptors (Lipinski definition) is 2. The average Bonchev–Trinajstić information content (AvgIpc) is 2.83. The van der Waals surface area contributed by atoms with Gasteiger partial charge >= 0.3 is 6.18 Å². The fourth-order valence-electron chi connectivity index (χ4n) is 1.93. The predicted molar refractivity (Wildman–Crippen MR) is 76.2 cm³/mol. The highest BCUT2D eigenvalue weighted by Crippen LogP contribution is 2.37. The Labute approximate surface area is 125 Å². The topological polar surface area (TPSA) is 71.8 Å². The molecule has 0 aliphatic rings. The van der Waals surface area contributed by atoms with Crippen molar-refractivity contribution in [1.82, 2.24) is 9.97 Å².